The Balaban J connectivity index is 1.79. The second-order valence-electron chi connectivity index (χ2n) is 6.69. The molecule has 0 saturated heterocycles. The smallest absolute Gasteiger partial charge is 0.310 e. The molecule has 1 aliphatic rings. The van der Waals surface area contributed by atoms with Crippen LogP contribution in [0.2, 0.25) is 0 Å². The van der Waals surface area contributed by atoms with E-state index in [9.17, 15) is 9.90 Å². The summed E-state index contributed by atoms with van der Waals surface area (Å²) in [6.45, 7) is 4.04. The van der Waals surface area contributed by atoms with Gasteiger partial charge in [0.25, 0.3) is 0 Å². The molecule has 0 bridgehead atoms. The van der Waals surface area contributed by atoms with Crippen LogP contribution in [0, 0.1) is 10.8 Å². The third-order valence-corrected chi connectivity index (χ3v) is 4.71. The van der Waals surface area contributed by atoms with Crippen molar-refractivity contribution in [2.75, 3.05) is 0 Å². The van der Waals surface area contributed by atoms with Crippen LogP contribution in [-0.2, 0) is 11.2 Å². The summed E-state index contributed by atoms with van der Waals surface area (Å²) in [5, 5.41) is 9.57. The molecular weight excluding hydrogens is 276 g/mol. The van der Waals surface area contributed by atoms with E-state index in [4.69, 9.17) is 4.74 Å². The lowest BCUT2D eigenvalue weighted by atomic mass is 9.89. The molecule has 0 radical (unpaired) electrons. The van der Waals surface area contributed by atoms with Crippen molar-refractivity contribution in [3.63, 3.8) is 0 Å². The van der Waals surface area contributed by atoms with E-state index in [1.807, 2.05) is 68.4 Å². The Morgan fingerprint density at radius 2 is 1.73 bits per heavy atom. The molecule has 0 heterocycles. The summed E-state index contributed by atoms with van der Waals surface area (Å²) in [6, 6.07) is 17.3. The highest BCUT2D eigenvalue weighted by Crippen LogP contribution is 2.65. The summed E-state index contributed by atoms with van der Waals surface area (Å²) in [6.07, 6.45) is 1.26. The number of benzene rings is 2. The molecule has 0 spiro atoms. The minimum Gasteiger partial charge on any atom is -0.481 e. The highest BCUT2D eigenvalue weighted by molar-refractivity contribution is 5.80. The molecule has 1 fully saturated rings. The average Bonchev–Trinajstić information content (AvgIpc) is 3.03. The van der Waals surface area contributed by atoms with Crippen molar-refractivity contribution in [3.8, 4) is 11.5 Å². The topological polar surface area (TPSA) is 46.5 Å². The third-order valence-electron chi connectivity index (χ3n) is 4.71. The Bertz CT molecular complexity index is 691. The average molecular weight is 296 g/mol. The van der Waals surface area contributed by atoms with Crippen LogP contribution in [0.5, 0.6) is 11.5 Å². The number of carboxylic acids is 1. The third kappa shape index (κ3) is 2.59. The van der Waals surface area contributed by atoms with E-state index in [1.165, 1.54) is 0 Å². The lowest BCUT2D eigenvalue weighted by molar-refractivity contribution is -0.144. The van der Waals surface area contributed by atoms with Crippen LogP contribution in [0.15, 0.2) is 54.6 Å². The van der Waals surface area contributed by atoms with Gasteiger partial charge in [-0.25, -0.2) is 0 Å². The van der Waals surface area contributed by atoms with Crippen LogP contribution in [-0.4, -0.2) is 11.1 Å². The van der Waals surface area contributed by atoms with Gasteiger partial charge in [-0.15, -0.1) is 0 Å². The fourth-order valence-corrected chi connectivity index (χ4v) is 3.14. The number of para-hydroxylation sites is 1. The predicted molar refractivity (Wildman–Crippen MR) is 85.1 cm³/mol. The van der Waals surface area contributed by atoms with Gasteiger partial charge in [0, 0.05) is 0 Å². The molecular formula is C19H20O3. The minimum atomic E-state index is -0.702. The van der Waals surface area contributed by atoms with Gasteiger partial charge in [0.2, 0.25) is 0 Å². The number of ether oxygens (including phenoxy) is 1. The summed E-state index contributed by atoms with van der Waals surface area (Å²) in [5.41, 5.74) is 0.217. The van der Waals surface area contributed by atoms with Crippen molar-refractivity contribution >= 4 is 5.97 Å². The molecule has 0 aromatic heterocycles. The van der Waals surface area contributed by atoms with E-state index < -0.39 is 11.4 Å². The molecule has 1 unspecified atom stereocenters. The first-order chi connectivity index (χ1) is 10.4. The maximum Gasteiger partial charge on any atom is 0.310 e. The van der Waals surface area contributed by atoms with Crippen LogP contribution < -0.4 is 4.74 Å². The summed E-state index contributed by atoms with van der Waals surface area (Å²) in [5.74, 6) is 0.814. The Kier molecular flexibility index (Phi) is 3.44. The largest absolute Gasteiger partial charge is 0.481 e. The SMILES string of the molecule is CC1(C)CC1(Cc1cccc(Oc2ccccc2)c1)C(=O)O. The number of hydrogen-bond donors (Lipinski definition) is 1. The van der Waals surface area contributed by atoms with Gasteiger partial charge in [0.15, 0.2) is 0 Å². The Morgan fingerprint density at radius 3 is 2.32 bits per heavy atom. The van der Waals surface area contributed by atoms with Crippen molar-refractivity contribution in [3.05, 3.63) is 60.2 Å². The van der Waals surface area contributed by atoms with Gasteiger partial charge in [-0.05, 0) is 48.1 Å². The first-order valence-electron chi connectivity index (χ1n) is 7.48. The fourth-order valence-electron chi connectivity index (χ4n) is 3.14. The number of carbonyl (C=O) groups is 1. The molecule has 1 atom stereocenters. The van der Waals surface area contributed by atoms with Gasteiger partial charge in [-0.1, -0.05) is 44.2 Å². The Labute approximate surface area is 130 Å². The van der Waals surface area contributed by atoms with E-state index in [-0.39, 0.29) is 5.41 Å². The summed E-state index contributed by atoms with van der Waals surface area (Å²) in [7, 11) is 0. The van der Waals surface area contributed by atoms with Crippen molar-refractivity contribution in [2.24, 2.45) is 10.8 Å². The van der Waals surface area contributed by atoms with E-state index in [0.717, 1.165) is 23.5 Å². The number of aliphatic carboxylic acids is 1. The first kappa shape index (κ1) is 14.6. The summed E-state index contributed by atoms with van der Waals surface area (Å²) < 4.78 is 5.82. The van der Waals surface area contributed by atoms with Crippen LogP contribution in [0.4, 0.5) is 0 Å². The molecule has 3 rings (SSSR count). The second kappa shape index (κ2) is 5.16. The van der Waals surface area contributed by atoms with Crippen LogP contribution in [0.1, 0.15) is 25.8 Å². The zero-order valence-electron chi connectivity index (χ0n) is 12.9. The molecule has 3 heteroatoms. The molecule has 1 N–H and O–H groups in total. The highest BCUT2D eigenvalue weighted by Gasteiger charge is 2.66. The molecule has 0 aliphatic heterocycles. The van der Waals surface area contributed by atoms with Gasteiger partial charge in [0.05, 0.1) is 5.41 Å². The summed E-state index contributed by atoms with van der Waals surface area (Å²) in [4.78, 5) is 11.6. The normalized spacial score (nSPS) is 22.1. The van der Waals surface area contributed by atoms with Crippen LogP contribution in [0.25, 0.3) is 0 Å². The zero-order valence-corrected chi connectivity index (χ0v) is 12.9. The van der Waals surface area contributed by atoms with E-state index in [0.29, 0.717) is 6.42 Å². The van der Waals surface area contributed by atoms with Crippen molar-refractivity contribution < 1.29 is 14.6 Å². The van der Waals surface area contributed by atoms with E-state index in [1.54, 1.807) is 0 Å². The number of hydrogen-bond acceptors (Lipinski definition) is 2. The maximum absolute atomic E-state index is 11.6. The molecule has 0 amide bonds. The van der Waals surface area contributed by atoms with Crippen molar-refractivity contribution in [2.45, 2.75) is 26.7 Å². The molecule has 1 aliphatic carbocycles. The highest BCUT2D eigenvalue weighted by atomic mass is 16.5. The number of rotatable bonds is 5. The second-order valence-corrected chi connectivity index (χ2v) is 6.69. The van der Waals surface area contributed by atoms with Gasteiger partial charge in [0.1, 0.15) is 11.5 Å². The van der Waals surface area contributed by atoms with Crippen molar-refractivity contribution in [1.29, 1.82) is 0 Å². The molecule has 1 saturated carbocycles. The van der Waals surface area contributed by atoms with E-state index in [2.05, 4.69) is 0 Å². The predicted octanol–water partition coefficient (Wildman–Crippen LogP) is 4.52. The molecule has 114 valence electrons. The molecule has 2 aromatic carbocycles. The van der Waals surface area contributed by atoms with Crippen LogP contribution >= 0.6 is 0 Å². The molecule has 2 aromatic rings. The maximum atomic E-state index is 11.6. The number of carboxylic acid groups (broad SMARTS) is 1. The van der Waals surface area contributed by atoms with Gasteiger partial charge in [-0.2, -0.15) is 0 Å². The zero-order chi connectivity index (χ0) is 15.8. The quantitative estimate of drug-likeness (QED) is 0.882. The van der Waals surface area contributed by atoms with E-state index >= 15 is 0 Å². The lowest BCUT2D eigenvalue weighted by Crippen LogP contribution is -2.23. The standard InChI is InChI=1S/C19H20O3/c1-18(2)13-19(18,17(20)21)12-14-7-6-10-16(11-14)22-15-8-4-3-5-9-15/h3-11H,12-13H2,1-2H3,(H,20,21). The Morgan fingerprint density at radius 1 is 1.09 bits per heavy atom. The van der Waals surface area contributed by atoms with Crippen LogP contribution in [0.3, 0.4) is 0 Å². The minimum absolute atomic E-state index is 0.144. The molecule has 3 nitrogen and oxygen atoms in total. The fraction of sp³-hybridized carbons (Fsp3) is 0.316. The Hall–Kier alpha value is -2.29. The van der Waals surface area contributed by atoms with Crippen molar-refractivity contribution in [1.82, 2.24) is 0 Å². The molecule has 22 heavy (non-hydrogen) atoms. The summed E-state index contributed by atoms with van der Waals surface area (Å²) >= 11 is 0. The lowest BCUT2D eigenvalue weighted by Gasteiger charge is -2.16. The first-order valence-corrected chi connectivity index (χ1v) is 7.48. The monoisotopic (exact) mass is 296 g/mol. The van der Waals surface area contributed by atoms with Gasteiger partial charge < -0.3 is 9.84 Å². The van der Waals surface area contributed by atoms with Gasteiger partial charge in [-0.3, -0.25) is 4.79 Å². The van der Waals surface area contributed by atoms with Gasteiger partial charge >= 0.3 is 5.97 Å².